The van der Waals surface area contributed by atoms with Crippen molar-refractivity contribution in [3.05, 3.63) is 16.1 Å². The van der Waals surface area contributed by atoms with Crippen molar-refractivity contribution in [3.63, 3.8) is 0 Å². The molecule has 124 valence electrons. The molecule has 1 saturated heterocycles. The number of thioether (sulfide) groups is 1. The second-order valence-corrected chi connectivity index (χ2v) is 8.45. The Morgan fingerprint density at radius 2 is 2.18 bits per heavy atom. The van der Waals surface area contributed by atoms with Crippen LogP contribution in [0.2, 0.25) is 0 Å². The minimum Gasteiger partial charge on any atom is -0.354 e. The zero-order valence-electron chi connectivity index (χ0n) is 13.8. The Morgan fingerprint density at radius 3 is 2.82 bits per heavy atom. The average molecular weight is 342 g/mol. The van der Waals surface area contributed by atoms with Crippen LogP contribution in [0.25, 0.3) is 0 Å². The molecule has 1 fully saturated rings. The summed E-state index contributed by atoms with van der Waals surface area (Å²) in [5.41, 5.74) is 1.08. The molecule has 1 aliphatic heterocycles. The van der Waals surface area contributed by atoms with Gasteiger partial charge in [-0.15, -0.1) is 23.1 Å². The monoisotopic (exact) mass is 341 g/mol. The third-order valence-corrected chi connectivity index (χ3v) is 5.63. The van der Waals surface area contributed by atoms with Crippen molar-refractivity contribution in [1.82, 2.24) is 15.2 Å². The number of hydrogen-bond acceptors (Lipinski definition) is 5. The summed E-state index contributed by atoms with van der Waals surface area (Å²) >= 11 is 3.30. The number of piperidine rings is 1. The first-order valence-electron chi connectivity index (χ1n) is 8.00. The molecule has 2 unspecified atom stereocenters. The lowest BCUT2D eigenvalue weighted by Crippen LogP contribution is -2.43. The second kappa shape index (κ2) is 8.89. The topological polar surface area (TPSA) is 45.2 Å². The highest BCUT2D eigenvalue weighted by atomic mass is 32.2. The van der Waals surface area contributed by atoms with Gasteiger partial charge in [-0.3, -0.25) is 4.79 Å². The molecule has 1 aliphatic rings. The van der Waals surface area contributed by atoms with Crippen molar-refractivity contribution < 1.29 is 4.79 Å². The Balaban J connectivity index is 1.55. The van der Waals surface area contributed by atoms with E-state index in [2.05, 4.69) is 34.4 Å². The molecule has 4 nitrogen and oxygen atoms in total. The normalized spacial score (nSPS) is 22.7. The van der Waals surface area contributed by atoms with Gasteiger partial charge >= 0.3 is 0 Å². The maximum atomic E-state index is 11.8. The minimum atomic E-state index is 0.134. The van der Waals surface area contributed by atoms with Gasteiger partial charge in [-0.25, -0.2) is 4.98 Å². The number of aryl methyl sites for hydroxylation is 1. The van der Waals surface area contributed by atoms with Crippen molar-refractivity contribution in [2.45, 2.75) is 32.9 Å². The molecule has 22 heavy (non-hydrogen) atoms. The van der Waals surface area contributed by atoms with Crippen LogP contribution in [-0.2, 0) is 10.5 Å². The first-order chi connectivity index (χ1) is 10.5. The van der Waals surface area contributed by atoms with E-state index in [-0.39, 0.29) is 5.91 Å². The molecule has 0 spiro atoms. The SMILES string of the molecule is Cc1nc(CSCC(=O)NCCN2CC(C)CC(C)C2)cs1. The molecule has 0 radical (unpaired) electrons. The summed E-state index contributed by atoms with van der Waals surface area (Å²) in [5, 5.41) is 6.19. The van der Waals surface area contributed by atoms with Gasteiger partial charge in [0.2, 0.25) is 5.91 Å². The highest BCUT2D eigenvalue weighted by molar-refractivity contribution is 7.99. The Morgan fingerprint density at radius 1 is 1.45 bits per heavy atom. The van der Waals surface area contributed by atoms with Gasteiger partial charge in [0.25, 0.3) is 0 Å². The van der Waals surface area contributed by atoms with Crippen LogP contribution in [0, 0.1) is 18.8 Å². The second-order valence-electron chi connectivity index (χ2n) is 6.41. The quantitative estimate of drug-likeness (QED) is 0.828. The molecule has 0 aliphatic carbocycles. The predicted octanol–water partition coefficient (Wildman–Crippen LogP) is 2.78. The lowest BCUT2D eigenvalue weighted by Gasteiger charge is -2.34. The molecule has 1 amide bonds. The Hall–Kier alpha value is -0.590. The fraction of sp³-hybridized carbons (Fsp3) is 0.750. The largest absolute Gasteiger partial charge is 0.354 e. The summed E-state index contributed by atoms with van der Waals surface area (Å²) < 4.78 is 0. The zero-order chi connectivity index (χ0) is 15.9. The number of amides is 1. The van der Waals surface area contributed by atoms with E-state index in [4.69, 9.17) is 0 Å². The van der Waals surface area contributed by atoms with Crippen molar-refractivity contribution in [2.24, 2.45) is 11.8 Å². The molecule has 2 rings (SSSR count). The van der Waals surface area contributed by atoms with Crippen LogP contribution >= 0.6 is 23.1 Å². The van der Waals surface area contributed by atoms with Crippen LogP contribution in [0.4, 0.5) is 0 Å². The lowest BCUT2D eigenvalue weighted by atomic mass is 9.92. The van der Waals surface area contributed by atoms with Crippen molar-refractivity contribution >= 4 is 29.0 Å². The number of nitrogens with one attached hydrogen (secondary N) is 1. The molecule has 0 saturated carbocycles. The Bertz CT molecular complexity index is 468. The first kappa shape index (κ1) is 17.8. The van der Waals surface area contributed by atoms with Gasteiger partial charge in [-0.1, -0.05) is 13.8 Å². The van der Waals surface area contributed by atoms with Gasteiger partial charge in [0.1, 0.15) is 0 Å². The number of aromatic nitrogens is 1. The smallest absolute Gasteiger partial charge is 0.230 e. The summed E-state index contributed by atoms with van der Waals surface area (Å²) in [6.07, 6.45) is 1.33. The van der Waals surface area contributed by atoms with Gasteiger partial charge in [-0.05, 0) is 25.2 Å². The fourth-order valence-corrected chi connectivity index (χ4v) is 4.57. The highest BCUT2D eigenvalue weighted by Gasteiger charge is 2.21. The molecule has 6 heteroatoms. The maximum absolute atomic E-state index is 11.8. The number of thiazole rings is 1. The lowest BCUT2D eigenvalue weighted by molar-refractivity contribution is -0.118. The number of carbonyl (C=O) groups is 1. The Kier molecular flexibility index (Phi) is 7.18. The standard InChI is InChI=1S/C16H27N3OS2/c1-12-6-13(2)8-19(7-12)5-4-17-16(20)11-21-9-15-10-22-14(3)18-15/h10,12-13H,4-9,11H2,1-3H3,(H,17,20). The molecule has 1 aromatic heterocycles. The van der Waals surface area contributed by atoms with E-state index < -0.39 is 0 Å². The first-order valence-corrected chi connectivity index (χ1v) is 10.0. The number of carbonyl (C=O) groups excluding carboxylic acids is 1. The maximum Gasteiger partial charge on any atom is 0.230 e. The van der Waals surface area contributed by atoms with Crippen LogP contribution < -0.4 is 5.32 Å². The van der Waals surface area contributed by atoms with Gasteiger partial charge < -0.3 is 10.2 Å². The van der Waals surface area contributed by atoms with Gasteiger partial charge in [0.05, 0.1) is 16.5 Å². The Labute approximate surface area is 142 Å². The van der Waals surface area contributed by atoms with Crippen LogP contribution in [0.3, 0.4) is 0 Å². The van der Waals surface area contributed by atoms with Crippen LogP contribution in [-0.4, -0.2) is 47.7 Å². The van der Waals surface area contributed by atoms with Crippen LogP contribution in [0.5, 0.6) is 0 Å². The van der Waals surface area contributed by atoms with Crippen LogP contribution in [0.1, 0.15) is 31.0 Å². The van der Waals surface area contributed by atoms with Crippen molar-refractivity contribution in [2.75, 3.05) is 31.9 Å². The van der Waals surface area contributed by atoms with Gasteiger partial charge in [0.15, 0.2) is 0 Å². The van der Waals surface area contributed by atoms with E-state index in [9.17, 15) is 4.79 Å². The van der Waals surface area contributed by atoms with E-state index in [0.717, 1.165) is 54.5 Å². The number of rotatable bonds is 7. The number of likely N-dealkylation sites (tertiary alicyclic amines) is 1. The van der Waals surface area contributed by atoms with E-state index in [0.29, 0.717) is 5.75 Å². The highest BCUT2D eigenvalue weighted by Crippen LogP contribution is 2.20. The number of nitrogens with zero attached hydrogens (tertiary/aromatic N) is 2. The molecule has 1 N–H and O–H groups in total. The molecule has 2 atom stereocenters. The third-order valence-electron chi connectivity index (χ3n) is 3.84. The average Bonchev–Trinajstić information content (AvgIpc) is 2.83. The fourth-order valence-electron chi connectivity index (χ4n) is 3.10. The van der Waals surface area contributed by atoms with Crippen molar-refractivity contribution in [1.29, 1.82) is 0 Å². The minimum absolute atomic E-state index is 0.134. The molecule has 1 aromatic rings. The van der Waals surface area contributed by atoms with Gasteiger partial charge in [-0.2, -0.15) is 0 Å². The van der Waals surface area contributed by atoms with Crippen LogP contribution in [0.15, 0.2) is 5.38 Å². The molecule has 0 aromatic carbocycles. The van der Waals surface area contributed by atoms with E-state index in [1.807, 2.05) is 6.92 Å². The third kappa shape index (κ3) is 6.26. The predicted molar refractivity (Wildman–Crippen MR) is 95.4 cm³/mol. The van der Waals surface area contributed by atoms with E-state index in [1.54, 1.807) is 23.1 Å². The molecular formula is C16H27N3OS2. The van der Waals surface area contributed by atoms with Gasteiger partial charge in [0, 0.05) is 37.3 Å². The summed E-state index contributed by atoms with van der Waals surface area (Å²) in [4.78, 5) is 18.7. The van der Waals surface area contributed by atoms with E-state index >= 15 is 0 Å². The summed E-state index contributed by atoms with van der Waals surface area (Å²) in [5.74, 6) is 3.02. The number of hydrogen-bond donors (Lipinski definition) is 1. The zero-order valence-corrected chi connectivity index (χ0v) is 15.4. The van der Waals surface area contributed by atoms with E-state index in [1.165, 1.54) is 6.42 Å². The molecular weight excluding hydrogens is 314 g/mol. The molecule has 0 bridgehead atoms. The van der Waals surface area contributed by atoms with Crippen molar-refractivity contribution in [3.8, 4) is 0 Å². The summed E-state index contributed by atoms with van der Waals surface area (Å²) in [6.45, 7) is 10.7. The summed E-state index contributed by atoms with van der Waals surface area (Å²) in [6, 6.07) is 0. The molecule has 2 heterocycles. The summed E-state index contributed by atoms with van der Waals surface area (Å²) in [7, 11) is 0.